The Kier molecular flexibility index (Phi) is 4.06. The van der Waals surface area contributed by atoms with Crippen LogP contribution in [0.1, 0.15) is 36.3 Å². The fourth-order valence-electron chi connectivity index (χ4n) is 3.59. The number of piperidine rings is 1. The third-order valence-corrected chi connectivity index (χ3v) is 4.99. The summed E-state index contributed by atoms with van der Waals surface area (Å²) >= 11 is 0. The highest BCUT2D eigenvalue weighted by atomic mass is 16.2. The number of hydrogen-bond donors (Lipinski definition) is 0. The van der Waals surface area contributed by atoms with E-state index in [9.17, 15) is 9.59 Å². The molecule has 1 fully saturated rings. The van der Waals surface area contributed by atoms with Gasteiger partial charge in [-0.15, -0.1) is 0 Å². The average Bonchev–Trinajstić information content (AvgIpc) is 3.25. The molecule has 0 radical (unpaired) electrons. The van der Waals surface area contributed by atoms with Crippen LogP contribution in [0, 0.1) is 0 Å². The van der Waals surface area contributed by atoms with E-state index in [1.807, 2.05) is 6.92 Å². The zero-order valence-corrected chi connectivity index (χ0v) is 14.9. The number of amides is 1. The van der Waals surface area contributed by atoms with Gasteiger partial charge < -0.3 is 4.90 Å². The molecule has 4 rings (SSSR count). The topological polar surface area (TPSA) is 90.8 Å². The summed E-state index contributed by atoms with van der Waals surface area (Å²) in [6.45, 7) is 3.84. The van der Waals surface area contributed by atoms with Crippen molar-refractivity contribution in [2.45, 2.75) is 32.4 Å². The lowest BCUT2D eigenvalue weighted by Crippen LogP contribution is -2.43. The fourth-order valence-corrected chi connectivity index (χ4v) is 3.59. The predicted molar refractivity (Wildman–Crippen MR) is 94.8 cm³/mol. The van der Waals surface area contributed by atoms with Crippen LogP contribution in [0.3, 0.4) is 0 Å². The van der Waals surface area contributed by atoms with Crippen LogP contribution in [0.15, 0.2) is 29.6 Å². The minimum Gasteiger partial charge on any atom is -0.335 e. The van der Waals surface area contributed by atoms with E-state index in [0.717, 1.165) is 19.4 Å². The standard InChI is InChI=1S/C17H21N7O2/c1-3-23-8-6-13(20-23)16(25)22-7-4-5-12(10-22)24-15-14(9-18-11-19-15)21(2)17(24)26/h6,8-9,11-12H,3-5,7,10H2,1-2H3/t12-/m0/s1. The van der Waals surface area contributed by atoms with Gasteiger partial charge in [-0.1, -0.05) is 0 Å². The second kappa shape index (κ2) is 6.40. The van der Waals surface area contributed by atoms with Crippen molar-refractivity contribution in [3.05, 3.63) is 41.0 Å². The van der Waals surface area contributed by atoms with Gasteiger partial charge in [-0.05, 0) is 25.8 Å². The zero-order chi connectivity index (χ0) is 18.3. The molecule has 1 atom stereocenters. The summed E-state index contributed by atoms with van der Waals surface area (Å²) in [5, 5.41) is 4.31. The molecule has 0 bridgehead atoms. The molecule has 136 valence electrons. The molecule has 3 aromatic heterocycles. The second-order valence-electron chi connectivity index (χ2n) is 6.55. The summed E-state index contributed by atoms with van der Waals surface area (Å²) in [6.07, 6.45) is 6.56. The van der Waals surface area contributed by atoms with E-state index in [4.69, 9.17) is 0 Å². The Labute approximate surface area is 149 Å². The van der Waals surface area contributed by atoms with Crippen molar-refractivity contribution in [3.8, 4) is 0 Å². The molecule has 1 amide bonds. The smallest absolute Gasteiger partial charge is 0.330 e. The number of hydrogen-bond acceptors (Lipinski definition) is 5. The van der Waals surface area contributed by atoms with Crippen molar-refractivity contribution < 1.29 is 4.79 Å². The Morgan fingerprint density at radius 2 is 2.23 bits per heavy atom. The molecule has 3 aromatic rings. The van der Waals surface area contributed by atoms with Crippen molar-refractivity contribution in [3.63, 3.8) is 0 Å². The van der Waals surface area contributed by atoms with Gasteiger partial charge in [0.25, 0.3) is 5.91 Å². The lowest BCUT2D eigenvalue weighted by Gasteiger charge is -2.32. The Hall–Kier alpha value is -2.97. The summed E-state index contributed by atoms with van der Waals surface area (Å²) in [5.74, 6) is -0.0928. The molecular weight excluding hydrogens is 334 g/mol. The Balaban J connectivity index is 1.64. The predicted octanol–water partition coefficient (Wildman–Crippen LogP) is 0.824. The van der Waals surface area contributed by atoms with Gasteiger partial charge in [-0.25, -0.2) is 14.8 Å². The van der Waals surface area contributed by atoms with Gasteiger partial charge >= 0.3 is 5.69 Å². The molecule has 0 aromatic carbocycles. The molecule has 1 aliphatic heterocycles. The quantitative estimate of drug-likeness (QED) is 0.694. The number of likely N-dealkylation sites (tertiary alicyclic amines) is 1. The van der Waals surface area contributed by atoms with Crippen molar-refractivity contribution >= 4 is 17.1 Å². The highest BCUT2D eigenvalue weighted by Gasteiger charge is 2.29. The lowest BCUT2D eigenvalue weighted by atomic mass is 10.1. The fraction of sp³-hybridized carbons (Fsp3) is 0.471. The van der Waals surface area contributed by atoms with E-state index < -0.39 is 0 Å². The van der Waals surface area contributed by atoms with Crippen LogP contribution in [0.5, 0.6) is 0 Å². The number of carbonyl (C=O) groups is 1. The Bertz CT molecular complexity index is 1020. The first-order chi connectivity index (χ1) is 12.6. The first kappa shape index (κ1) is 16.5. The molecule has 0 saturated carbocycles. The normalized spacial score (nSPS) is 17.8. The largest absolute Gasteiger partial charge is 0.335 e. The molecule has 9 heteroatoms. The minimum atomic E-state index is -0.130. The molecule has 0 unspecified atom stereocenters. The average molecular weight is 355 g/mol. The zero-order valence-electron chi connectivity index (χ0n) is 14.9. The van der Waals surface area contributed by atoms with Crippen LogP contribution in [0.4, 0.5) is 0 Å². The van der Waals surface area contributed by atoms with Gasteiger partial charge in [0, 0.05) is 32.9 Å². The number of aromatic nitrogens is 6. The monoisotopic (exact) mass is 355 g/mol. The van der Waals surface area contributed by atoms with Crippen molar-refractivity contribution in [1.29, 1.82) is 0 Å². The molecule has 1 aliphatic rings. The maximum atomic E-state index is 12.8. The van der Waals surface area contributed by atoms with Gasteiger partial charge in [0.05, 0.1) is 12.2 Å². The highest BCUT2D eigenvalue weighted by Crippen LogP contribution is 2.24. The molecule has 9 nitrogen and oxygen atoms in total. The van der Waals surface area contributed by atoms with E-state index in [1.165, 1.54) is 6.33 Å². The van der Waals surface area contributed by atoms with Crippen molar-refractivity contribution in [1.82, 2.24) is 33.8 Å². The molecule has 4 heterocycles. The number of nitrogens with zero attached hydrogens (tertiary/aromatic N) is 7. The van der Waals surface area contributed by atoms with Crippen LogP contribution in [-0.2, 0) is 13.6 Å². The third kappa shape index (κ3) is 2.59. The maximum absolute atomic E-state index is 12.8. The summed E-state index contributed by atoms with van der Waals surface area (Å²) in [5.41, 5.74) is 1.62. The van der Waals surface area contributed by atoms with E-state index in [2.05, 4.69) is 15.1 Å². The number of carbonyl (C=O) groups excluding carboxylic acids is 1. The number of rotatable bonds is 3. The van der Waals surface area contributed by atoms with Gasteiger partial charge in [0.2, 0.25) is 0 Å². The molecule has 0 aliphatic carbocycles. The van der Waals surface area contributed by atoms with Crippen molar-refractivity contribution in [2.24, 2.45) is 7.05 Å². The van der Waals surface area contributed by atoms with Crippen LogP contribution in [0.2, 0.25) is 0 Å². The molecule has 1 saturated heterocycles. The Morgan fingerprint density at radius 3 is 3.00 bits per heavy atom. The van der Waals surface area contributed by atoms with Crippen molar-refractivity contribution in [2.75, 3.05) is 13.1 Å². The Morgan fingerprint density at radius 1 is 1.38 bits per heavy atom. The van der Waals surface area contributed by atoms with Gasteiger partial charge in [-0.3, -0.25) is 18.6 Å². The minimum absolute atomic E-state index is 0.0928. The maximum Gasteiger partial charge on any atom is 0.330 e. The number of aryl methyl sites for hydroxylation is 2. The van der Waals surface area contributed by atoms with Crippen LogP contribution < -0.4 is 5.69 Å². The van der Waals surface area contributed by atoms with E-state index in [0.29, 0.717) is 29.9 Å². The number of imidazole rings is 1. The van der Waals surface area contributed by atoms with E-state index in [-0.39, 0.29) is 17.6 Å². The summed E-state index contributed by atoms with van der Waals surface area (Å²) < 4.78 is 4.99. The van der Waals surface area contributed by atoms with E-state index >= 15 is 0 Å². The van der Waals surface area contributed by atoms with Crippen LogP contribution >= 0.6 is 0 Å². The molecule has 26 heavy (non-hydrogen) atoms. The van der Waals surface area contributed by atoms with E-state index in [1.54, 1.807) is 44.2 Å². The van der Waals surface area contributed by atoms with Crippen LogP contribution in [0.25, 0.3) is 11.2 Å². The summed E-state index contributed by atoms with van der Waals surface area (Å²) in [6, 6.07) is 1.64. The summed E-state index contributed by atoms with van der Waals surface area (Å²) in [7, 11) is 1.72. The van der Waals surface area contributed by atoms with Gasteiger partial charge in [0.1, 0.15) is 17.5 Å². The third-order valence-electron chi connectivity index (χ3n) is 4.99. The van der Waals surface area contributed by atoms with Gasteiger partial charge in [0.15, 0.2) is 5.65 Å². The molecule has 0 N–H and O–H groups in total. The van der Waals surface area contributed by atoms with Crippen LogP contribution in [-0.4, -0.2) is 52.8 Å². The lowest BCUT2D eigenvalue weighted by molar-refractivity contribution is 0.0672. The molecule has 0 spiro atoms. The number of fused-ring (bicyclic) bond motifs is 1. The first-order valence-corrected chi connectivity index (χ1v) is 8.79. The second-order valence-corrected chi connectivity index (χ2v) is 6.55. The summed E-state index contributed by atoms with van der Waals surface area (Å²) in [4.78, 5) is 35.6. The highest BCUT2D eigenvalue weighted by molar-refractivity contribution is 5.92. The SMILES string of the molecule is CCn1ccc(C(=O)N2CCC[C@H](n3c(=O)n(C)c4cncnc43)C2)n1. The first-order valence-electron chi connectivity index (χ1n) is 8.79. The van der Waals surface area contributed by atoms with Gasteiger partial charge in [-0.2, -0.15) is 5.10 Å². The molecular formula is C17H21N7O2.